The maximum Gasteiger partial charge on any atom is 0.226 e. The van der Waals surface area contributed by atoms with Crippen LogP contribution in [0, 0.1) is 23.2 Å². The van der Waals surface area contributed by atoms with Gasteiger partial charge in [-0.05, 0) is 69.1 Å². The highest BCUT2D eigenvalue weighted by Gasteiger charge is 2.54. The summed E-state index contributed by atoms with van der Waals surface area (Å²) in [6.45, 7) is 3.55. The van der Waals surface area contributed by atoms with Crippen LogP contribution in [-0.4, -0.2) is 42.3 Å². The van der Waals surface area contributed by atoms with Crippen molar-refractivity contribution in [3.05, 3.63) is 12.3 Å². The number of nitrogens with zero attached hydrogens (tertiary/aromatic N) is 3. The molecule has 5 aliphatic rings. The lowest BCUT2D eigenvalue weighted by atomic mass is 9.49. The van der Waals surface area contributed by atoms with Gasteiger partial charge in [-0.3, -0.25) is 4.79 Å². The Morgan fingerprint density at radius 1 is 1.07 bits per heavy atom. The van der Waals surface area contributed by atoms with E-state index in [2.05, 4.69) is 31.8 Å². The number of hydrogen-bond acceptors (Lipinski definition) is 5. The normalized spacial score (nSPS) is 34.1. The monoisotopic (exact) mass is 369 g/mol. The number of rotatable bonds is 6. The number of aromatic nitrogens is 2. The Bertz CT molecular complexity index is 664. The second-order valence-electron chi connectivity index (χ2n) is 9.37. The molecule has 0 spiro atoms. The number of hydrogen-bond donors (Lipinski definition) is 2. The quantitative estimate of drug-likeness (QED) is 0.755. The molecule has 2 heterocycles. The summed E-state index contributed by atoms with van der Waals surface area (Å²) < 4.78 is 0. The molecule has 6 rings (SSSR count). The predicted molar refractivity (Wildman–Crippen MR) is 106 cm³/mol. The lowest BCUT2D eigenvalue weighted by Gasteiger charge is -2.55. The average molecular weight is 370 g/mol. The first kappa shape index (κ1) is 17.3. The third-order valence-corrected chi connectivity index (χ3v) is 7.35. The Morgan fingerprint density at radius 2 is 1.74 bits per heavy atom. The molecule has 27 heavy (non-hydrogen) atoms. The molecule has 1 aliphatic heterocycles. The van der Waals surface area contributed by atoms with Crippen molar-refractivity contribution in [1.29, 1.82) is 0 Å². The van der Waals surface area contributed by atoms with E-state index in [9.17, 15) is 4.79 Å². The first-order valence-corrected chi connectivity index (χ1v) is 10.8. The van der Waals surface area contributed by atoms with Gasteiger partial charge in [0.25, 0.3) is 0 Å². The van der Waals surface area contributed by atoms with E-state index in [0.29, 0.717) is 19.0 Å². The fourth-order valence-corrected chi connectivity index (χ4v) is 6.53. The third kappa shape index (κ3) is 3.39. The SMILES string of the molecule is O=C(NCCNc1cc(N2CCCC2)cnn1)C12CC3CC(CC(C3)C1)C2. The van der Waals surface area contributed by atoms with Crippen molar-refractivity contribution in [3.8, 4) is 0 Å². The summed E-state index contributed by atoms with van der Waals surface area (Å²) >= 11 is 0. The zero-order valence-electron chi connectivity index (χ0n) is 16.1. The Kier molecular flexibility index (Phi) is 4.44. The van der Waals surface area contributed by atoms with E-state index in [1.165, 1.54) is 32.1 Å². The van der Waals surface area contributed by atoms with Crippen LogP contribution in [0.1, 0.15) is 51.4 Å². The summed E-state index contributed by atoms with van der Waals surface area (Å²) in [6.07, 6.45) is 11.8. The maximum atomic E-state index is 13.0. The highest BCUT2D eigenvalue weighted by atomic mass is 16.2. The molecule has 4 bridgehead atoms. The third-order valence-electron chi connectivity index (χ3n) is 7.35. The van der Waals surface area contributed by atoms with Crippen molar-refractivity contribution in [1.82, 2.24) is 15.5 Å². The van der Waals surface area contributed by atoms with Gasteiger partial charge in [0.15, 0.2) is 5.82 Å². The summed E-state index contributed by atoms with van der Waals surface area (Å²) in [4.78, 5) is 15.3. The average Bonchev–Trinajstić information content (AvgIpc) is 3.19. The number of amides is 1. The molecule has 6 nitrogen and oxygen atoms in total. The molecule has 1 aromatic heterocycles. The lowest BCUT2D eigenvalue weighted by molar-refractivity contribution is -0.146. The smallest absolute Gasteiger partial charge is 0.226 e. The van der Waals surface area contributed by atoms with Crippen molar-refractivity contribution >= 4 is 17.4 Å². The lowest BCUT2D eigenvalue weighted by Crippen LogP contribution is -2.54. The van der Waals surface area contributed by atoms with Gasteiger partial charge in [-0.15, -0.1) is 5.10 Å². The molecule has 4 saturated carbocycles. The van der Waals surface area contributed by atoms with Crippen LogP contribution in [0.15, 0.2) is 12.3 Å². The zero-order valence-corrected chi connectivity index (χ0v) is 16.1. The standard InChI is InChI=1S/C21H31N5O/c27-20(21-11-15-7-16(12-21)9-17(8-15)13-21)23-4-3-22-19-10-18(14-24-25-19)26-5-1-2-6-26/h10,14-17H,1-9,11-13H2,(H,22,25)(H,23,27). The molecule has 2 N–H and O–H groups in total. The molecule has 0 aromatic carbocycles. The Balaban J connectivity index is 1.12. The first-order chi connectivity index (χ1) is 13.2. The second-order valence-corrected chi connectivity index (χ2v) is 9.37. The largest absolute Gasteiger partial charge is 0.370 e. The fraction of sp³-hybridized carbons (Fsp3) is 0.762. The number of nitrogens with one attached hydrogen (secondary N) is 2. The van der Waals surface area contributed by atoms with Crippen LogP contribution in [-0.2, 0) is 4.79 Å². The van der Waals surface area contributed by atoms with Crippen LogP contribution < -0.4 is 15.5 Å². The van der Waals surface area contributed by atoms with Gasteiger partial charge < -0.3 is 15.5 Å². The fourth-order valence-electron chi connectivity index (χ4n) is 6.53. The number of carbonyl (C=O) groups is 1. The van der Waals surface area contributed by atoms with Gasteiger partial charge in [0, 0.05) is 37.7 Å². The molecule has 0 atom stereocenters. The maximum absolute atomic E-state index is 13.0. The van der Waals surface area contributed by atoms with Gasteiger partial charge in [0.05, 0.1) is 11.9 Å². The van der Waals surface area contributed by atoms with Crippen LogP contribution in [0.2, 0.25) is 0 Å². The summed E-state index contributed by atoms with van der Waals surface area (Å²) in [6, 6.07) is 2.07. The molecule has 1 aromatic rings. The van der Waals surface area contributed by atoms with E-state index in [-0.39, 0.29) is 5.41 Å². The van der Waals surface area contributed by atoms with Gasteiger partial charge >= 0.3 is 0 Å². The van der Waals surface area contributed by atoms with E-state index in [1.807, 2.05) is 6.20 Å². The highest BCUT2D eigenvalue weighted by molar-refractivity contribution is 5.83. The van der Waals surface area contributed by atoms with Crippen LogP contribution in [0.4, 0.5) is 11.5 Å². The molecule has 146 valence electrons. The summed E-state index contributed by atoms with van der Waals surface area (Å²) in [5.74, 6) is 3.53. The van der Waals surface area contributed by atoms with Crippen molar-refractivity contribution in [2.75, 3.05) is 36.4 Å². The highest BCUT2D eigenvalue weighted by Crippen LogP contribution is 2.60. The molecule has 1 amide bonds. The number of carbonyl (C=O) groups excluding carboxylic acids is 1. The summed E-state index contributed by atoms with van der Waals surface area (Å²) in [5.41, 5.74) is 1.09. The van der Waals surface area contributed by atoms with Crippen LogP contribution >= 0.6 is 0 Å². The Hall–Kier alpha value is -1.85. The van der Waals surface area contributed by atoms with Crippen molar-refractivity contribution in [2.24, 2.45) is 23.2 Å². The molecule has 5 fully saturated rings. The van der Waals surface area contributed by atoms with Crippen molar-refractivity contribution in [3.63, 3.8) is 0 Å². The Labute approximate surface area is 161 Å². The minimum absolute atomic E-state index is 0.0514. The molecular formula is C21H31N5O. The predicted octanol–water partition coefficient (Wildman–Crippen LogP) is 2.82. The summed E-state index contributed by atoms with van der Waals surface area (Å²) in [7, 11) is 0. The first-order valence-electron chi connectivity index (χ1n) is 10.8. The van der Waals surface area contributed by atoms with Crippen molar-refractivity contribution < 1.29 is 4.79 Å². The van der Waals surface area contributed by atoms with Gasteiger partial charge in [0.1, 0.15) is 0 Å². The zero-order chi connectivity index (χ0) is 18.3. The second kappa shape index (κ2) is 6.95. The topological polar surface area (TPSA) is 70.2 Å². The molecule has 1 saturated heterocycles. The molecule has 0 unspecified atom stereocenters. The molecule has 4 aliphatic carbocycles. The van der Waals surface area contributed by atoms with Crippen LogP contribution in [0.25, 0.3) is 0 Å². The van der Waals surface area contributed by atoms with E-state index in [4.69, 9.17) is 0 Å². The number of anilines is 2. The molecule has 6 heteroatoms. The van der Waals surface area contributed by atoms with E-state index < -0.39 is 0 Å². The van der Waals surface area contributed by atoms with E-state index >= 15 is 0 Å². The molecular weight excluding hydrogens is 338 g/mol. The minimum atomic E-state index is -0.0514. The summed E-state index contributed by atoms with van der Waals surface area (Å²) in [5, 5.41) is 14.9. The van der Waals surface area contributed by atoms with E-state index in [1.54, 1.807) is 0 Å². The van der Waals surface area contributed by atoms with Gasteiger partial charge in [0.2, 0.25) is 5.91 Å². The van der Waals surface area contributed by atoms with Crippen molar-refractivity contribution in [2.45, 2.75) is 51.4 Å². The van der Waals surface area contributed by atoms with Crippen LogP contribution in [0.5, 0.6) is 0 Å². The Morgan fingerprint density at radius 3 is 2.41 bits per heavy atom. The van der Waals surface area contributed by atoms with Gasteiger partial charge in [-0.1, -0.05) is 0 Å². The van der Waals surface area contributed by atoms with Gasteiger partial charge in [-0.2, -0.15) is 5.10 Å². The van der Waals surface area contributed by atoms with Crippen LogP contribution in [0.3, 0.4) is 0 Å². The van der Waals surface area contributed by atoms with E-state index in [0.717, 1.165) is 61.6 Å². The minimum Gasteiger partial charge on any atom is -0.370 e. The van der Waals surface area contributed by atoms with Gasteiger partial charge in [-0.25, -0.2) is 0 Å². The molecule has 0 radical (unpaired) electrons.